The number of halogens is 2. The second-order valence-electron chi connectivity index (χ2n) is 1.93. The number of hydrogen-bond acceptors (Lipinski definition) is 1. The summed E-state index contributed by atoms with van der Waals surface area (Å²) in [4.78, 5) is 0. The van der Waals surface area contributed by atoms with E-state index in [1.807, 2.05) is 0 Å². The predicted molar refractivity (Wildman–Crippen MR) is 39.8 cm³/mol. The molecule has 0 aliphatic carbocycles. The first-order valence-electron chi connectivity index (χ1n) is 2.25. The van der Waals surface area contributed by atoms with E-state index in [1.54, 1.807) is 0 Å². The zero-order chi connectivity index (χ0) is 7.15. The van der Waals surface area contributed by atoms with Gasteiger partial charge in [-0.15, -0.1) is 0 Å². The Hall–Kier alpha value is 0.680. The molecule has 8 heavy (non-hydrogen) atoms. The Bertz CT molecular complexity index is 58.3. The fourth-order valence-electron chi connectivity index (χ4n) is 0. The zero-order valence-electron chi connectivity index (χ0n) is 5.19. The van der Waals surface area contributed by atoms with Crippen LogP contribution in [-0.2, 0) is 4.57 Å². The van der Waals surface area contributed by atoms with Crippen LogP contribution >= 0.6 is 29.0 Å². The molecule has 0 aromatic heterocycles. The maximum Gasteiger partial charge on any atom is 0.575 e. The molecule has 0 amide bonds. The summed E-state index contributed by atoms with van der Waals surface area (Å²) >= 11 is 9.10. The van der Waals surface area contributed by atoms with Crippen molar-refractivity contribution in [1.82, 2.24) is 0 Å². The molecule has 0 fully saturated rings. The monoisotopic (exact) mass is 175 g/mol. The Labute approximate surface area is 60.7 Å². The van der Waals surface area contributed by atoms with Gasteiger partial charge in [0.15, 0.2) is 0 Å². The van der Waals surface area contributed by atoms with Gasteiger partial charge in [-0.1, -0.05) is 20.8 Å². The molecule has 50 valence electrons. The van der Waals surface area contributed by atoms with E-state index < -0.39 is 6.51 Å². The fourth-order valence-corrected chi connectivity index (χ4v) is 0. The molecule has 4 heteroatoms. The first-order valence-corrected chi connectivity index (χ1v) is 5.32. The summed E-state index contributed by atoms with van der Waals surface area (Å²) < 4.78 is 9.12. The van der Waals surface area contributed by atoms with Crippen molar-refractivity contribution >= 4 is 29.0 Å². The molecule has 0 atom stereocenters. The van der Waals surface area contributed by atoms with Crippen LogP contribution in [0.1, 0.15) is 20.8 Å². The van der Waals surface area contributed by atoms with Crippen molar-refractivity contribution in [2.45, 2.75) is 20.8 Å². The lowest BCUT2D eigenvalue weighted by Gasteiger charge is -1.79. The molecule has 0 saturated heterocycles. The molecule has 0 rings (SSSR count). The lowest BCUT2D eigenvalue weighted by atomic mass is 10.3. The van der Waals surface area contributed by atoms with Gasteiger partial charge < -0.3 is 0 Å². The third-order valence-corrected chi connectivity index (χ3v) is 0. The van der Waals surface area contributed by atoms with Crippen molar-refractivity contribution in [3.8, 4) is 0 Å². The van der Waals surface area contributed by atoms with Gasteiger partial charge in [-0.2, -0.15) is 0 Å². The van der Waals surface area contributed by atoms with Gasteiger partial charge in [0.05, 0.1) is 0 Å². The highest BCUT2D eigenvalue weighted by molar-refractivity contribution is 7.95. The van der Waals surface area contributed by atoms with E-state index in [0.29, 0.717) is 0 Å². The molecule has 1 nitrogen and oxygen atoms in total. The summed E-state index contributed by atoms with van der Waals surface area (Å²) in [5, 5.41) is 0. The van der Waals surface area contributed by atoms with Crippen LogP contribution in [-0.4, -0.2) is 0 Å². The quantitative estimate of drug-likeness (QED) is 0.513. The standard InChI is InChI=1S/C4H10.Cl2OP/c2*1-4(2)3/h4H,1-3H3;/q;+1. The summed E-state index contributed by atoms with van der Waals surface area (Å²) in [6.07, 6.45) is 0. The van der Waals surface area contributed by atoms with Crippen LogP contribution in [0.2, 0.25) is 0 Å². The molecule has 0 spiro atoms. The molecule has 0 aliphatic rings. The van der Waals surface area contributed by atoms with Crippen LogP contribution in [0.4, 0.5) is 0 Å². The Morgan fingerprint density at radius 1 is 1.25 bits per heavy atom. The van der Waals surface area contributed by atoms with E-state index in [0.717, 1.165) is 5.92 Å². The molecule has 0 radical (unpaired) electrons. The lowest BCUT2D eigenvalue weighted by molar-refractivity contribution is 0.602. The van der Waals surface area contributed by atoms with Gasteiger partial charge in [0.1, 0.15) is 0 Å². The molecule has 0 saturated carbocycles. The van der Waals surface area contributed by atoms with Gasteiger partial charge in [0.25, 0.3) is 0 Å². The maximum absolute atomic E-state index is 9.12. The molecular weight excluding hydrogens is 166 g/mol. The van der Waals surface area contributed by atoms with E-state index in [9.17, 15) is 0 Å². The highest BCUT2D eigenvalue weighted by Gasteiger charge is 1.97. The molecule has 0 N–H and O–H groups in total. The van der Waals surface area contributed by atoms with Crippen LogP contribution in [0, 0.1) is 5.92 Å². The highest BCUT2D eigenvalue weighted by Crippen LogP contribution is 2.31. The topological polar surface area (TPSA) is 17.1 Å². The largest absolute Gasteiger partial charge is 0.575 e. The molecule has 0 aliphatic heterocycles. The second kappa shape index (κ2) is 7.68. The van der Waals surface area contributed by atoms with E-state index in [-0.39, 0.29) is 0 Å². The second-order valence-corrected chi connectivity index (χ2v) is 4.70. The first kappa shape index (κ1) is 11.5. The minimum absolute atomic E-state index is 0.833. The normalized spacial score (nSPS) is 7.75. The zero-order valence-corrected chi connectivity index (χ0v) is 7.60. The van der Waals surface area contributed by atoms with Crippen LogP contribution in [0.5, 0.6) is 0 Å². The van der Waals surface area contributed by atoms with E-state index in [1.165, 1.54) is 0 Å². The minimum atomic E-state index is -1.93. The third-order valence-electron chi connectivity index (χ3n) is 0. The average Bonchev–Trinajstić information content (AvgIpc) is 1.25. The minimum Gasteiger partial charge on any atom is -0.0630 e. The Balaban J connectivity index is 0. The van der Waals surface area contributed by atoms with Crippen molar-refractivity contribution in [2.24, 2.45) is 5.92 Å². The lowest BCUT2D eigenvalue weighted by Crippen LogP contribution is -1.66. The first-order chi connectivity index (χ1) is 3.46. The van der Waals surface area contributed by atoms with Crippen molar-refractivity contribution < 1.29 is 4.57 Å². The predicted octanol–water partition coefficient (Wildman–Crippen LogP) is 3.78. The molecular formula is C4H10Cl2OP+. The molecule has 0 heterocycles. The summed E-state index contributed by atoms with van der Waals surface area (Å²) in [5.41, 5.74) is 0. The van der Waals surface area contributed by atoms with Gasteiger partial charge in [0, 0.05) is 0 Å². The van der Waals surface area contributed by atoms with E-state index in [2.05, 4.69) is 43.3 Å². The third kappa shape index (κ3) is 466. The van der Waals surface area contributed by atoms with Crippen molar-refractivity contribution in [3.63, 3.8) is 0 Å². The maximum atomic E-state index is 9.12. The van der Waals surface area contributed by atoms with Gasteiger partial charge in [0.2, 0.25) is 22.5 Å². The van der Waals surface area contributed by atoms with Crippen LogP contribution < -0.4 is 0 Å². The number of rotatable bonds is 0. The Kier molecular flexibility index (Phi) is 11.0. The average molecular weight is 176 g/mol. The van der Waals surface area contributed by atoms with Gasteiger partial charge in [-0.25, -0.2) is 0 Å². The van der Waals surface area contributed by atoms with Gasteiger partial charge >= 0.3 is 6.51 Å². The molecule has 0 unspecified atom stereocenters. The van der Waals surface area contributed by atoms with E-state index >= 15 is 0 Å². The molecule has 0 bridgehead atoms. The van der Waals surface area contributed by atoms with Crippen LogP contribution in [0.25, 0.3) is 0 Å². The van der Waals surface area contributed by atoms with Crippen LogP contribution in [0.3, 0.4) is 0 Å². The SMILES string of the molecule is CC(C)C.O=[P+](Cl)Cl. The number of hydrogen-bond donors (Lipinski definition) is 0. The molecule has 0 aromatic carbocycles. The van der Waals surface area contributed by atoms with Crippen molar-refractivity contribution in [2.75, 3.05) is 0 Å². The summed E-state index contributed by atoms with van der Waals surface area (Å²) in [5.74, 6) is 0.833. The van der Waals surface area contributed by atoms with Crippen molar-refractivity contribution in [3.05, 3.63) is 0 Å². The molecule has 0 aromatic rings. The van der Waals surface area contributed by atoms with Gasteiger partial charge in [-0.05, 0) is 10.5 Å². The van der Waals surface area contributed by atoms with Crippen molar-refractivity contribution in [1.29, 1.82) is 0 Å². The summed E-state index contributed by atoms with van der Waals surface area (Å²) in [6, 6.07) is 0. The highest BCUT2D eigenvalue weighted by atomic mass is 35.9. The van der Waals surface area contributed by atoms with E-state index in [4.69, 9.17) is 4.57 Å². The Morgan fingerprint density at radius 3 is 1.25 bits per heavy atom. The fraction of sp³-hybridized carbons (Fsp3) is 1.00. The van der Waals surface area contributed by atoms with Gasteiger partial charge in [-0.3, -0.25) is 0 Å². The smallest absolute Gasteiger partial charge is 0.0630 e. The summed E-state index contributed by atoms with van der Waals surface area (Å²) in [6.45, 7) is 4.57. The van der Waals surface area contributed by atoms with Crippen LogP contribution in [0.15, 0.2) is 0 Å². The Morgan fingerprint density at radius 2 is 1.25 bits per heavy atom. The summed E-state index contributed by atoms with van der Waals surface area (Å²) in [7, 11) is 0.